The van der Waals surface area contributed by atoms with Gasteiger partial charge in [-0.2, -0.15) is 0 Å². The van der Waals surface area contributed by atoms with Crippen LogP contribution in [0.3, 0.4) is 0 Å². The number of morpholine rings is 1. The summed E-state index contributed by atoms with van der Waals surface area (Å²) in [5.41, 5.74) is 1.99. The van der Waals surface area contributed by atoms with E-state index in [2.05, 4.69) is 45.6 Å². The summed E-state index contributed by atoms with van der Waals surface area (Å²) in [7, 11) is 1.79. The zero-order chi connectivity index (χ0) is 20.6. The van der Waals surface area contributed by atoms with Crippen LogP contribution < -0.4 is 10.6 Å². The first-order valence-electron chi connectivity index (χ1n) is 9.90. The van der Waals surface area contributed by atoms with Crippen molar-refractivity contribution in [3.8, 4) is 0 Å². The van der Waals surface area contributed by atoms with Gasteiger partial charge in [-0.3, -0.25) is 4.99 Å². The van der Waals surface area contributed by atoms with Gasteiger partial charge >= 0.3 is 6.09 Å². The SMILES string of the molecule is CN=C(NCCCNC(=O)OC(C)(C)C)N1CCOC(c2ccccc2C)C1.I. The molecule has 2 rings (SSSR count). The van der Waals surface area contributed by atoms with E-state index in [1.54, 1.807) is 7.05 Å². The smallest absolute Gasteiger partial charge is 0.407 e. The molecular weight excluding hydrogens is 483 g/mol. The summed E-state index contributed by atoms with van der Waals surface area (Å²) in [6.45, 7) is 11.2. The number of guanidine groups is 1. The lowest BCUT2D eigenvalue weighted by atomic mass is 10.0. The maximum absolute atomic E-state index is 11.7. The monoisotopic (exact) mass is 518 g/mol. The summed E-state index contributed by atoms with van der Waals surface area (Å²) in [5, 5.41) is 6.15. The highest BCUT2D eigenvalue weighted by molar-refractivity contribution is 14.0. The normalized spacial score (nSPS) is 17.3. The number of aliphatic imine (C=N–C) groups is 1. The Morgan fingerprint density at radius 3 is 2.62 bits per heavy atom. The Labute approximate surface area is 191 Å². The van der Waals surface area contributed by atoms with Crippen molar-refractivity contribution in [1.82, 2.24) is 15.5 Å². The third-order valence-corrected chi connectivity index (χ3v) is 4.42. The lowest BCUT2D eigenvalue weighted by Crippen LogP contribution is -2.48. The highest BCUT2D eigenvalue weighted by atomic mass is 127. The number of halogens is 1. The van der Waals surface area contributed by atoms with Gasteiger partial charge in [0.1, 0.15) is 11.7 Å². The summed E-state index contributed by atoms with van der Waals surface area (Å²) < 4.78 is 11.2. The molecule has 1 atom stereocenters. The zero-order valence-corrected chi connectivity index (χ0v) is 20.5. The fourth-order valence-electron chi connectivity index (χ4n) is 3.10. The van der Waals surface area contributed by atoms with E-state index in [1.807, 2.05) is 26.8 Å². The first-order valence-corrected chi connectivity index (χ1v) is 9.90. The Morgan fingerprint density at radius 1 is 1.28 bits per heavy atom. The van der Waals surface area contributed by atoms with Gasteiger partial charge in [0.15, 0.2) is 5.96 Å². The van der Waals surface area contributed by atoms with Crippen LogP contribution in [0.5, 0.6) is 0 Å². The van der Waals surface area contributed by atoms with E-state index in [0.29, 0.717) is 13.2 Å². The average Bonchev–Trinajstić information content (AvgIpc) is 2.64. The van der Waals surface area contributed by atoms with Crippen LogP contribution in [0.25, 0.3) is 0 Å². The van der Waals surface area contributed by atoms with Crippen molar-refractivity contribution in [2.45, 2.75) is 45.8 Å². The molecule has 1 fully saturated rings. The van der Waals surface area contributed by atoms with Gasteiger partial charge in [-0.25, -0.2) is 4.79 Å². The van der Waals surface area contributed by atoms with Gasteiger partial charge < -0.3 is 25.0 Å². The fourth-order valence-corrected chi connectivity index (χ4v) is 3.10. The number of aryl methyl sites for hydroxylation is 1. The quantitative estimate of drug-likeness (QED) is 0.270. The van der Waals surface area contributed by atoms with Gasteiger partial charge in [0.2, 0.25) is 0 Å². The van der Waals surface area contributed by atoms with Gasteiger partial charge in [0, 0.05) is 26.7 Å². The summed E-state index contributed by atoms with van der Waals surface area (Å²) >= 11 is 0. The molecule has 1 unspecified atom stereocenters. The Kier molecular flexibility index (Phi) is 10.7. The number of carbonyl (C=O) groups excluding carboxylic acids is 1. The molecule has 1 aromatic rings. The molecule has 1 saturated heterocycles. The molecule has 1 aliphatic rings. The van der Waals surface area contributed by atoms with Crippen LogP contribution in [-0.4, -0.2) is 62.4 Å². The molecule has 0 aromatic heterocycles. The molecule has 8 heteroatoms. The van der Waals surface area contributed by atoms with Crippen LogP contribution >= 0.6 is 24.0 Å². The van der Waals surface area contributed by atoms with Crippen LogP contribution in [0.1, 0.15) is 44.4 Å². The molecular formula is C21H35IN4O3. The predicted molar refractivity (Wildman–Crippen MR) is 127 cm³/mol. The maximum Gasteiger partial charge on any atom is 0.407 e. The van der Waals surface area contributed by atoms with E-state index in [9.17, 15) is 4.79 Å². The van der Waals surface area contributed by atoms with Crippen molar-refractivity contribution < 1.29 is 14.3 Å². The van der Waals surface area contributed by atoms with Crippen LogP contribution in [0.4, 0.5) is 4.79 Å². The summed E-state index contributed by atoms with van der Waals surface area (Å²) in [6, 6.07) is 8.34. The third-order valence-electron chi connectivity index (χ3n) is 4.42. The van der Waals surface area contributed by atoms with Crippen molar-refractivity contribution in [3.05, 3.63) is 35.4 Å². The van der Waals surface area contributed by atoms with Crippen molar-refractivity contribution in [1.29, 1.82) is 0 Å². The van der Waals surface area contributed by atoms with E-state index in [1.165, 1.54) is 11.1 Å². The van der Waals surface area contributed by atoms with Gasteiger partial charge in [-0.05, 0) is 45.2 Å². The van der Waals surface area contributed by atoms with Crippen molar-refractivity contribution >= 4 is 36.0 Å². The molecule has 0 aliphatic carbocycles. The molecule has 1 aliphatic heterocycles. The minimum absolute atomic E-state index is 0. The average molecular weight is 518 g/mol. The fraction of sp³-hybridized carbons (Fsp3) is 0.619. The van der Waals surface area contributed by atoms with E-state index in [-0.39, 0.29) is 36.2 Å². The first kappa shape index (κ1) is 25.5. The molecule has 0 spiro atoms. The Balaban J connectivity index is 0.00000420. The molecule has 164 valence electrons. The molecule has 7 nitrogen and oxygen atoms in total. The number of ether oxygens (including phenoxy) is 2. The van der Waals surface area contributed by atoms with Crippen molar-refractivity contribution in [2.75, 3.05) is 39.8 Å². The van der Waals surface area contributed by atoms with E-state index in [4.69, 9.17) is 9.47 Å². The zero-order valence-electron chi connectivity index (χ0n) is 18.2. The largest absolute Gasteiger partial charge is 0.444 e. The summed E-state index contributed by atoms with van der Waals surface area (Å²) in [5.74, 6) is 0.860. The molecule has 0 saturated carbocycles. The highest BCUT2D eigenvalue weighted by Gasteiger charge is 2.25. The number of amides is 1. The standard InChI is InChI=1S/C21H34N4O3.HI/c1-16-9-6-7-10-17(16)18-15-25(13-14-27-18)19(22-5)23-11-8-12-24-20(26)28-21(2,3)4;/h6-7,9-10,18H,8,11-15H2,1-5H3,(H,22,23)(H,24,26);1H. The van der Waals surface area contributed by atoms with Gasteiger partial charge in [-0.15, -0.1) is 24.0 Å². The predicted octanol–water partition coefficient (Wildman–Crippen LogP) is 3.48. The molecule has 1 amide bonds. The number of carbonyl (C=O) groups is 1. The molecule has 1 aromatic carbocycles. The second-order valence-corrected chi connectivity index (χ2v) is 7.92. The Hall–Kier alpha value is -1.55. The first-order chi connectivity index (χ1) is 13.3. The minimum atomic E-state index is -0.478. The van der Waals surface area contributed by atoms with Gasteiger partial charge in [-0.1, -0.05) is 24.3 Å². The molecule has 0 radical (unpaired) electrons. The number of hydrogen-bond acceptors (Lipinski definition) is 4. The Morgan fingerprint density at radius 2 is 1.97 bits per heavy atom. The summed E-state index contributed by atoms with van der Waals surface area (Å²) in [6.07, 6.45) is 0.442. The number of hydrogen-bond donors (Lipinski definition) is 2. The third kappa shape index (κ3) is 8.77. The topological polar surface area (TPSA) is 75.2 Å². The number of rotatable bonds is 5. The lowest BCUT2D eigenvalue weighted by molar-refractivity contribution is -0.00831. The number of alkyl carbamates (subject to hydrolysis) is 1. The lowest BCUT2D eigenvalue weighted by Gasteiger charge is -2.35. The molecule has 1 heterocycles. The van der Waals surface area contributed by atoms with Gasteiger partial charge in [0.05, 0.1) is 13.2 Å². The van der Waals surface area contributed by atoms with E-state index < -0.39 is 5.60 Å². The number of benzene rings is 1. The number of nitrogens with zero attached hydrogens (tertiary/aromatic N) is 2. The number of nitrogens with one attached hydrogen (secondary N) is 2. The van der Waals surface area contributed by atoms with Crippen molar-refractivity contribution in [3.63, 3.8) is 0 Å². The Bertz CT molecular complexity index is 676. The second-order valence-electron chi connectivity index (χ2n) is 7.92. The van der Waals surface area contributed by atoms with E-state index in [0.717, 1.165) is 32.0 Å². The second kappa shape index (κ2) is 12.2. The van der Waals surface area contributed by atoms with E-state index >= 15 is 0 Å². The minimum Gasteiger partial charge on any atom is -0.444 e. The van der Waals surface area contributed by atoms with Crippen molar-refractivity contribution in [2.24, 2.45) is 4.99 Å². The van der Waals surface area contributed by atoms with Crippen LogP contribution in [-0.2, 0) is 9.47 Å². The van der Waals surface area contributed by atoms with Crippen LogP contribution in [0.2, 0.25) is 0 Å². The molecule has 2 N–H and O–H groups in total. The van der Waals surface area contributed by atoms with Crippen LogP contribution in [0.15, 0.2) is 29.3 Å². The van der Waals surface area contributed by atoms with Gasteiger partial charge in [0.25, 0.3) is 0 Å². The highest BCUT2D eigenvalue weighted by Crippen LogP contribution is 2.24. The molecule has 29 heavy (non-hydrogen) atoms. The van der Waals surface area contributed by atoms with Crippen LogP contribution in [0, 0.1) is 6.92 Å². The molecule has 0 bridgehead atoms. The summed E-state index contributed by atoms with van der Waals surface area (Å²) in [4.78, 5) is 18.3. The maximum atomic E-state index is 11.7.